The fraction of sp³-hybridized carbons (Fsp3) is 0.619. The topological polar surface area (TPSA) is 60.0 Å². The van der Waals surface area contributed by atoms with E-state index in [0.29, 0.717) is 12.0 Å². The molecule has 1 aromatic carbocycles. The highest BCUT2D eigenvalue weighted by Gasteiger charge is 2.24. The summed E-state index contributed by atoms with van der Waals surface area (Å²) in [5.41, 5.74) is 1.35. The minimum Gasteiger partial charge on any atom is -0.356 e. The average molecular weight is 501 g/mol. The summed E-state index contributed by atoms with van der Waals surface area (Å²) in [5.74, 6) is 1.25. The molecule has 0 radical (unpaired) electrons. The molecular weight excluding hydrogens is 465 g/mol. The van der Waals surface area contributed by atoms with E-state index in [4.69, 9.17) is 0 Å². The number of likely N-dealkylation sites (tertiary alicyclic amines) is 1. The zero-order chi connectivity index (χ0) is 19.6. The van der Waals surface area contributed by atoms with E-state index in [1.807, 2.05) is 0 Å². The predicted octanol–water partition coefficient (Wildman–Crippen LogP) is 2.55. The molecule has 1 amide bonds. The van der Waals surface area contributed by atoms with E-state index in [9.17, 15) is 4.79 Å². The van der Waals surface area contributed by atoms with E-state index in [-0.39, 0.29) is 36.4 Å². The lowest BCUT2D eigenvalue weighted by molar-refractivity contribution is -0.127. The Balaban J connectivity index is 0.00000392. The normalized spacial score (nSPS) is 17.3. The molecule has 1 atom stereocenters. The number of likely N-dealkylation sites (N-methyl/N-ethyl adjacent to an activating group) is 1. The highest BCUT2D eigenvalue weighted by molar-refractivity contribution is 14.0. The van der Waals surface area contributed by atoms with Gasteiger partial charge in [0.05, 0.1) is 0 Å². The molecule has 1 fully saturated rings. The fourth-order valence-electron chi connectivity index (χ4n) is 3.13. The van der Waals surface area contributed by atoms with E-state index in [1.54, 1.807) is 19.0 Å². The number of hydrogen-bond acceptors (Lipinski definition) is 3. The summed E-state index contributed by atoms with van der Waals surface area (Å²) in [5, 5.41) is 6.81. The summed E-state index contributed by atoms with van der Waals surface area (Å²) in [6, 6.07) is 11.1. The molecule has 158 valence electrons. The summed E-state index contributed by atoms with van der Waals surface area (Å²) in [4.78, 5) is 20.4. The Hall–Kier alpha value is -1.35. The van der Waals surface area contributed by atoms with Crippen molar-refractivity contribution in [1.82, 2.24) is 20.4 Å². The van der Waals surface area contributed by atoms with Gasteiger partial charge in [-0.25, -0.2) is 4.99 Å². The molecule has 1 aliphatic rings. The molecule has 0 bridgehead atoms. The van der Waals surface area contributed by atoms with Gasteiger partial charge < -0.3 is 15.5 Å². The van der Waals surface area contributed by atoms with Crippen molar-refractivity contribution in [1.29, 1.82) is 0 Å². The van der Waals surface area contributed by atoms with Crippen LogP contribution in [-0.2, 0) is 11.3 Å². The number of carbonyl (C=O) groups excluding carboxylic acids is 1. The van der Waals surface area contributed by atoms with Crippen molar-refractivity contribution in [2.24, 2.45) is 10.9 Å². The van der Waals surface area contributed by atoms with Crippen LogP contribution in [0.25, 0.3) is 0 Å². The number of halogens is 1. The third-order valence-corrected chi connectivity index (χ3v) is 4.78. The van der Waals surface area contributed by atoms with Gasteiger partial charge in [-0.3, -0.25) is 9.69 Å². The van der Waals surface area contributed by atoms with Crippen molar-refractivity contribution in [3.05, 3.63) is 35.9 Å². The van der Waals surface area contributed by atoms with Gasteiger partial charge in [-0.15, -0.1) is 24.0 Å². The van der Waals surface area contributed by atoms with Gasteiger partial charge >= 0.3 is 0 Å². The average Bonchev–Trinajstić information content (AvgIpc) is 3.08. The van der Waals surface area contributed by atoms with Gasteiger partial charge in [0.25, 0.3) is 0 Å². The highest BCUT2D eigenvalue weighted by Crippen LogP contribution is 2.19. The molecule has 2 rings (SSSR count). The monoisotopic (exact) mass is 501 g/mol. The number of benzene rings is 1. The van der Waals surface area contributed by atoms with E-state index < -0.39 is 0 Å². The first-order valence-corrected chi connectivity index (χ1v) is 9.96. The fourth-order valence-corrected chi connectivity index (χ4v) is 3.13. The van der Waals surface area contributed by atoms with Crippen LogP contribution >= 0.6 is 24.0 Å². The van der Waals surface area contributed by atoms with Crippen LogP contribution in [0.3, 0.4) is 0 Å². The molecule has 0 aromatic heterocycles. The van der Waals surface area contributed by atoms with Crippen LogP contribution in [0.15, 0.2) is 35.3 Å². The molecule has 1 saturated heterocycles. The summed E-state index contributed by atoms with van der Waals surface area (Å²) in [7, 11) is 3.51. The van der Waals surface area contributed by atoms with E-state index >= 15 is 0 Å². The molecule has 0 saturated carbocycles. The summed E-state index contributed by atoms with van der Waals surface area (Å²) in [6.07, 6.45) is 2.41. The lowest BCUT2D eigenvalue weighted by atomic mass is 10.2. The maximum atomic E-state index is 11.9. The second-order valence-corrected chi connectivity index (χ2v) is 7.86. The number of guanidine groups is 1. The first-order valence-electron chi connectivity index (χ1n) is 9.96. The van der Waals surface area contributed by atoms with Gasteiger partial charge in [-0.05, 0) is 30.9 Å². The number of amides is 1. The van der Waals surface area contributed by atoms with Gasteiger partial charge in [0.1, 0.15) is 6.54 Å². The van der Waals surface area contributed by atoms with Gasteiger partial charge in [0, 0.05) is 39.8 Å². The summed E-state index contributed by atoms with van der Waals surface area (Å²) in [6.45, 7) is 8.28. The lowest BCUT2D eigenvalue weighted by Crippen LogP contribution is -2.46. The maximum Gasteiger partial charge on any atom is 0.243 e. The summed E-state index contributed by atoms with van der Waals surface area (Å²) >= 11 is 0. The Labute approximate surface area is 187 Å². The second-order valence-electron chi connectivity index (χ2n) is 7.86. The van der Waals surface area contributed by atoms with Gasteiger partial charge in [-0.1, -0.05) is 44.2 Å². The molecule has 1 heterocycles. The maximum absolute atomic E-state index is 11.9. The number of rotatable bonds is 8. The van der Waals surface area contributed by atoms with Crippen LogP contribution in [0.2, 0.25) is 0 Å². The zero-order valence-corrected chi connectivity index (χ0v) is 20.0. The van der Waals surface area contributed by atoms with Crippen molar-refractivity contribution < 1.29 is 4.79 Å². The summed E-state index contributed by atoms with van der Waals surface area (Å²) < 4.78 is 0. The third kappa shape index (κ3) is 8.77. The Kier molecular flexibility index (Phi) is 11.4. The Morgan fingerprint density at radius 3 is 2.61 bits per heavy atom. The van der Waals surface area contributed by atoms with Crippen molar-refractivity contribution >= 4 is 35.8 Å². The van der Waals surface area contributed by atoms with Gasteiger partial charge in [0.2, 0.25) is 5.91 Å². The number of nitrogens with one attached hydrogen (secondary N) is 2. The number of carbonyl (C=O) groups is 1. The minimum atomic E-state index is 0. The lowest BCUT2D eigenvalue weighted by Gasteiger charge is -2.26. The number of nitrogens with zero attached hydrogens (tertiary/aromatic N) is 3. The molecule has 0 aliphatic carbocycles. The molecule has 0 spiro atoms. The van der Waals surface area contributed by atoms with Crippen LogP contribution in [0, 0.1) is 5.92 Å². The van der Waals surface area contributed by atoms with Crippen LogP contribution in [0.1, 0.15) is 32.3 Å². The molecular formula is C21H36IN5O. The van der Waals surface area contributed by atoms with Gasteiger partial charge in [-0.2, -0.15) is 0 Å². The SMILES string of the molecule is CC(C)CNC(=NCC(=O)N(C)C)NCC1CCCN1Cc1ccccc1.I. The minimum absolute atomic E-state index is 0. The van der Waals surface area contributed by atoms with Crippen LogP contribution in [0.5, 0.6) is 0 Å². The largest absolute Gasteiger partial charge is 0.356 e. The number of hydrogen-bond donors (Lipinski definition) is 2. The van der Waals surface area contributed by atoms with E-state index in [1.165, 1.54) is 18.4 Å². The third-order valence-electron chi connectivity index (χ3n) is 4.78. The Morgan fingerprint density at radius 2 is 1.96 bits per heavy atom. The molecule has 7 heteroatoms. The Morgan fingerprint density at radius 1 is 1.25 bits per heavy atom. The molecule has 1 aliphatic heterocycles. The van der Waals surface area contributed by atoms with Crippen molar-refractivity contribution in [3.63, 3.8) is 0 Å². The smallest absolute Gasteiger partial charge is 0.243 e. The standard InChI is InChI=1S/C21H35N5O.HI/c1-17(2)13-22-21(24-15-20(27)25(3)4)23-14-19-11-8-12-26(19)16-18-9-6-5-7-10-18;/h5-7,9-10,17,19H,8,11-16H2,1-4H3,(H2,22,23,24);1H. The second kappa shape index (κ2) is 13.0. The van der Waals surface area contributed by atoms with Crippen molar-refractivity contribution in [2.45, 2.75) is 39.3 Å². The van der Waals surface area contributed by atoms with Crippen LogP contribution in [-0.4, -0.2) is 68.0 Å². The molecule has 1 aromatic rings. The van der Waals surface area contributed by atoms with Gasteiger partial charge in [0.15, 0.2) is 5.96 Å². The molecule has 28 heavy (non-hydrogen) atoms. The molecule has 6 nitrogen and oxygen atoms in total. The van der Waals surface area contributed by atoms with Crippen molar-refractivity contribution in [3.8, 4) is 0 Å². The van der Waals surface area contributed by atoms with Crippen molar-refractivity contribution in [2.75, 3.05) is 40.3 Å². The first-order chi connectivity index (χ1) is 13.0. The van der Waals surface area contributed by atoms with E-state index in [0.717, 1.165) is 32.1 Å². The van der Waals surface area contributed by atoms with E-state index in [2.05, 4.69) is 64.7 Å². The molecule has 2 N–H and O–H groups in total. The quantitative estimate of drug-likeness (QED) is 0.327. The number of aliphatic imine (C=N–C) groups is 1. The Bertz CT molecular complexity index is 606. The molecule has 1 unspecified atom stereocenters. The first kappa shape index (κ1) is 24.7. The predicted molar refractivity (Wildman–Crippen MR) is 127 cm³/mol. The highest BCUT2D eigenvalue weighted by atomic mass is 127. The zero-order valence-electron chi connectivity index (χ0n) is 17.6. The van der Waals surface area contributed by atoms with Crippen LogP contribution in [0.4, 0.5) is 0 Å². The van der Waals surface area contributed by atoms with Crippen LogP contribution < -0.4 is 10.6 Å².